The van der Waals surface area contributed by atoms with Crippen molar-refractivity contribution in [1.29, 1.82) is 0 Å². The number of nitrogens with zero attached hydrogens (tertiary/aromatic N) is 1. The van der Waals surface area contributed by atoms with E-state index in [1.807, 2.05) is 13.8 Å². The van der Waals surface area contributed by atoms with Crippen molar-refractivity contribution in [3.05, 3.63) is 0 Å². The Bertz CT molecular complexity index is 308. The first-order chi connectivity index (χ1) is 7.20. The van der Waals surface area contributed by atoms with Gasteiger partial charge in [-0.05, 0) is 34.1 Å². The van der Waals surface area contributed by atoms with Crippen LogP contribution in [0.2, 0.25) is 0 Å². The Balaban J connectivity index is 2.95. The standard InChI is InChI=1S/C12H22N2O2/c1-6-7-11(2,3)14-8-9(15)13-12(4,5)10(14)16/h6-8H2,1-5H3,(H,13,15). The van der Waals surface area contributed by atoms with Crippen molar-refractivity contribution in [2.45, 2.75) is 58.5 Å². The molecule has 92 valence electrons. The molecule has 2 amide bonds. The molecule has 4 nitrogen and oxygen atoms in total. The summed E-state index contributed by atoms with van der Waals surface area (Å²) in [6.07, 6.45) is 1.90. The molecule has 1 aliphatic rings. The quantitative estimate of drug-likeness (QED) is 0.788. The van der Waals surface area contributed by atoms with Crippen LogP contribution < -0.4 is 5.32 Å². The first-order valence-corrected chi connectivity index (χ1v) is 5.84. The van der Waals surface area contributed by atoms with Gasteiger partial charge in [-0.1, -0.05) is 13.3 Å². The van der Waals surface area contributed by atoms with Crippen molar-refractivity contribution < 1.29 is 9.59 Å². The molecule has 1 heterocycles. The van der Waals surface area contributed by atoms with E-state index in [-0.39, 0.29) is 23.9 Å². The molecule has 0 atom stereocenters. The number of amides is 2. The molecule has 0 bridgehead atoms. The van der Waals surface area contributed by atoms with E-state index in [2.05, 4.69) is 12.2 Å². The van der Waals surface area contributed by atoms with Crippen LogP contribution in [0.15, 0.2) is 0 Å². The smallest absolute Gasteiger partial charge is 0.248 e. The maximum absolute atomic E-state index is 12.2. The Morgan fingerprint density at radius 3 is 2.44 bits per heavy atom. The normalized spacial score (nSPS) is 20.9. The van der Waals surface area contributed by atoms with Crippen molar-refractivity contribution in [3.8, 4) is 0 Å². The Morgan fingerprint density at radius 2 is 1.94 bits per heavy atom. The molecule has 0 unspecified atom stereocenters. The minimum absolute atomic E-state index is 0.00514. The highest BCUT2D eigenvalue weighted by Crippen LogP contribution is 2.26. The highest BCUT2D eigenvalue weighted by Gasteiger charge is 2.44. The third kappa shape index (κ3) is 2.36. The maximum Gasteiger partial charge on any atom is 0.248 e. The lowest BCUT2D eigenvalue weighted by molar-refractivity contribution is -0.154. The van der Waals surface area contributed by atoms with Crippen LogP contribution in [0.25, 0.3) is 0 Å². The molecule has 1 fully saturated rings. The second kappa shape index (κ2) is 4.07. The van der Waals surface area contributed by atoms with E-state index in [0.29, 0.717) is 0 Å². The van der Waals surface area contributed by atoms with Crippen LogP contribution in [0, 0.1) is 0 Å². The summed E-state index contributed by atoms with van der Waals surface area (Å²) in [5, 5.41) is 2.72. The van der Waals surface area contributed by atoms with Gasteiger partial charge in [0.05, 0.1) is 0 Å². The fraction of sp³-hybridized carbons (Fsp3) is 0.833. The van der Waals surface area contributed by atoms with Crippen LogP contribution in [0.5, 0.6) is 0 Å². The zero-order valence-corrected chi connectivity index (χ0v) is 10.9. The number of rotatable bonds is 3. The van der Waals surface area contributed by atoms with Gasteiger partial charge in [-0.2, -0.15) is 0 Å². The van der Waals surface area contributed by atoms with Gasteiger partial charge in [0.15, 0.2) is 0 Å². The highest BCUT2D eigenvalue weighted by molar-refractivity contribution is 5.97. The largest absolute Gasteiger partial charge is 0.341 e. The summed E-state index contributed by atoms with van der Waals surface area (Å²) in [6.45, 7) is 9.80. The molecule has 0 aromatic rings. The minimum Gasteiger partial charge on any atom is -0.341 e. The fourth-order valence-corrected chi connectivity index (χ4v) is 2.23. The van der Waals surface area contributed by atoms with Gasteiger partial charge in [-0.15, -0.1) is 0 Å². The number of carbonyl (C=O) groups is 2. The van der Waals surface area contributed by atoms with Gasteiger partial charge in [0.25, 0.3) is 0 Å². The second-order valence-electron chi connectivity index (χ2n) is 5.63. The first-order valence-electron chi connectivity index (χ1n) is 5.84. The van der Waals surface area contributed by atoms with Crippen molar-refractivity contribution in [1.82, 2.24) is 10.2 Å². The predicted octanol–water partition coefficient (Wildman–Crippen LogP) is 1.30. The summed E-state index contributed by atoms with van der Waals surface area (Å²) in [7, 11) is 0. The zero-order chi connectivity index (χ0) is 12.6. The Kier molecular flexibility index (Phi) is 3.31. The molecule has 0 aromatic heterocycles. The molecule has 1 rings (SSSR count). The molecule has 4 heteroatoms. The molecule has 0 radical (unpaired) electrons. The van der Waals surface area contributed by atoms with E-state index < -0.39 is 5.54 Å². The molecule has 1 saturated heterocycles. The van der Waals surface area contributed by atoms with Crippen molar-refractivity contribution in [2.24, 2.45) is 0 Å². The van der Waals surface area contributed by atoms with Crippen LogP contribution in [-0.2, 0) is 9.59 Å². The molecule has 0 aromatic carbocycles. The second-order valence-corrected chi connectivity index (χ2v) is 5.63. The lowest BCUT2D eigenvalue weighted by Gasteiger charge is -2.46. The fourth-order valence-electron chi connectivity index (χ4n) is 2.23. The van der Waals surface area contributed by atoms with E-state index in [4.69, 9.17) is 0 Å². The van der Waals surface area contributed by atoms with E-state index in [1.165, 1.54) is 0 Å². The molecule has 16 heavy (non-hydrogen) atoms. The molecule has 1 N–H and O–H groups in total. The third-order valence-electron chi connectivity index (χ3n) is 3.13. The van der Waals surface area contributed by atoms with Gasteiger partial charge in [0.2, 0.25) is 11.8 Å². The Labute approximate surface area is 97.4 Å². The van der Waals surface area contributed by atoms with Gasteiger partial charge in [0, 0.05) is 5.54 Å². The van der Waals surface area contributed by atoms with Crippen LogP contribution >= 0.6 is 0 Å². The average Bonchev–Trinajstić information content (AvgIpc) is 2.10. The molecule has 0 aliphatic carbocycles. The monoisotopic (exact) mass is 226 g/mol. The van der Waals surface area contributed by atoms with Gasteiger partial charge in [-0.3, -0.25) is 9.59 Å². The van der Waals surface area contributed by atoms with Gasteiger partial charge < -0.3 is 10.2 Å². The molecule has 0 spiro atoms. The van der Waals surface area contributed by atoms with E-state index in [1.54, 1.807) is 18.7 Å². The van der Waals surface area contributed by atoms with Gasteiger partial charge >= 0.3 is 0 Å². The topological polar surface area (TPSA) is 49.4 Å². The SMILES string of the molecule is CCCC(C)(C)N1CC(=O)NC(C)(C)C1=O. The number of piperazine rings is 1. The first kappa shape index (κ1) is 13.0. The Morgan fingerprint density at radius 1 is 1.38 bits per heavy atom. The van der Waals surface area contributed by atoms with Crippen LogP contribution in [-0.4, -0.2) is 34.3 Å². The van der Waals surface area contributed by atoms with Crippen molar-refractivity contribution >= 4 is 11.8 Å². The lowest BCUT2D eigenvalue weighted by Crippen LogP contribution is -2.68. The van der Waals surface area contributed by atoms with Crippen LogP contribution in [0.3, 0.4) is 0 Å². The predicted molar refractivity (Wildman–Crippen MR) is 62.9 cm³/mol. The summed E-state index contributed by atoms with van der Waals surface area (Å²) in [4.78, 5) is 25.5. The van der Waals surface area contributed by atoms with E-state index >= 15 is 0 Å². The maximum atomic E-state index is 12.2. The highest BCUT2D eigenvalue weighted by atomic mass is 16.2. The van der Waals surface area contributed by atoms with Crippen LogP contribution in [0.4, 0.5) is 0 Å². The number of hydrogen-bond acceptors (Lipinski definition) is 2. The number of nitrogens with one attached hydrogen (secondary N) is 1. The summed E-state index contributed by atoms with van der Waals surface area (Å²) in [6, 6.07) is 0. The molecule has 1 aliphatic heterocycles. The molecular weight excluding hydrogens is 204 g/mol. The van der Waals surface area contributed by atoms with Crippen LogP contribution in [0.1, 0.15) is 47.5 Å². The summed E-state index contributed by atoms with van der Waals surface area (Å²) in [5.74, 6) is -0.0701. The number of hydrogen-bond donors (Lipinski definition) is 1. The lowest BCUT2D eigenvalue weighted by atomic mass is 9.91. The van der Waals surface area contributed by atoms with Gasteiger partial charge in [-0.25, -0.2) is 0 Å². The number of carbonyl (C=O) groups excluding carboxylic acids is 2. The molecular formula is C12H22N2O2. The van der Waals surface area contributed by atoms with E-state index in [9.17, 15) is 9.59 Å². The molecule has 0 saturated carbocycles. The third-order valence-corrected chi connectivity index (χ3v) is 3.13. The summed E-state index contributed by atoms with van der Waals surface area (Å²) in [5.41, 5.74) is -1.03. The zero-order valence-electron chi connectivity index (χ0n) is 10.9. The van der Waals surface area contributed by atoms with Crippen molar-refractivity contribution in [3.63, 3.8) is 0 Å². The van der Waals surface area contributed by atoms with Crippen molar-refractivity contribution in [2.75, 3.05) is 6.54 Å². The minimum atomic E-state index is -0.777. The average molecular weight is 226 g/mol. The van der Waals surface area contributed by atoms with E-state index in [0.717, 1.165) is 12.8 Å². The van der Waals surface area contributed by atoms with Gasteiger partial charge in [0.1, 0.15) is 12.1 Å². The summed E-state index contributed by atoms with van der Waals surface area (Å²) >= 11 is 0. The Hall–Kier alpha value is -1.06. The summed E-state index contributed by atoms with van der Waals surface area (Å²) < 4.78 is 0.